The highest BCUT2D eigenvalue weighted by Crippen LogP contribution is 2.34. The Hall–Kier alpha value is -3.37. The molecule has 3 aromatic carbocycles. The summed E-state index contributed by atoms with van der Waals surface area (Å²) in [6, 6.07) is 18.1. The number of amides is 2. The van der Waals surface area contributed by atoms with Gasteiger partial charge in [0.05, 0.1) is 17.7 Å². The van der Waals surface area contributed by atoms with Gasteiger partial charge in [-0.2, -0.15) is 0 Å². The highest BCUT2D eigenvalue weighted by molar-refractivity contribution is 9.10. The van der Waals surface area contributed by atoms with E-state index >= 15 is 0 Å². The van der Waals surface area contributed by atoms with E-state index in [1.165, 1.54) is 31.2 Å². The molecule has 0 aliphatic carbocycles. The van der Waals surface area contributed by atoms with Crippen LogP contribution in [0.2, 0.25) is 0 Å². The van der Waals surface area contributed by atoms with Gasteiger partial charge in [-0.1, -0.05) is 51.8 Å². The number of nitrogens with zero attached hydrogens (tertiary/aromatic N) is 2. The second kappa shape index (κ2) is 12.4. The summed E-state index contributed by atoms with van der Waals surface area (Å²) in [5.41, 5.74) is 2.72. The third-order valence-corrected chi connectivity index (χ3v) is 8.47. The van der Waals surface area contributed by atoms with Crippen LogP contribution in [0.4, 0.5) is 5.69 Å². The molecule has 0 saturated carbocycles. The smallest absolute Gasteiger partial charge is 0.264 e. The summed E-state index contributed by atoms with van der Waals surface area (Å²) in [6.07, 6.45) is 0. The molecule has 0 aliphatic rings. The quantitative estimate of drug-likeness (QED) is 0.371. The predicted molar refractivity (Wildman–Crippen MR) is 152 cm³/mol. The van der Waals surface area contributed by atoms with Crippen molar-refractivity contribution in [1.29, 1.82) is 0 Å². The first-order valence-electron chi connectivity index (χ1n) is 12.0. The van der Waals surface area contributed by atoms with Gasteiger partial charge in [-0.05, 0) is 68.3 Å². The predicted octanol–water partition coefficient (Wildman–Crippen LogP) is 4.43. The Balaban J connectivity index is 2.10. The summed E-state index contributed by atoms with van der Waals surface area (Å²) in [4.78, 5) is 27.9. The molecule has 1 unspecified atom stereocenters. The zero-order valence-electron chi connectivity index (χ0n) is 22.1. The number of carbonyl (C=O) groups is 2. The second-order valence-corrected chi connectivity index (χ2v) is 11.7. The average molecular weight is 603 g/mol. The molecule has 38 heavy (non-hydrogen) atoms. The number of methoxy groups -OCH3 is 1. The largest absolute Gasteiger partial charge is 0.495 e. The fraction of sp³-hybridized carbons (Fsp3) is 0.286. The highest BCUT2D eigenvalue weighted by Gasteiger charge is 2.33. The Bertz CT molecular complexity index is 1390. The van der Waals surface area contributed by atoms with Gasteiger partial charge in [0.1, 0.15) is 18.3 Å². The fourth-order valence-corrected chi connectivity index (χ4v) is 5.60. The Morgan fingerprint density at radius 2 is 1.58 bits per heavy atom. The lowest BCUT2D eigenvalue weighted by molar-refractivity contribution is -0.139. The van der Waals surface area contributed by atoms with E-state index in [-0.39, 0.29) is 23.0 Å². The number of sulfonamides is 1. The minimum atomic E-state index is -4.18. The molecule has 3 aromatic rings. The first-order valence-corrected chi connectivity index (χ1v) is 14.2. The van der Waals surface area contributed by atoms with Gasteiger partial charge in [0, 0.05) is 18.1 Å². The van der Waals surface area contributed by atoms with Gasteiger partial charge in [0.25, 0.3) is 10.0 Å². The van der Waals surface area contributed by atoms with E-state index in [2.05, 4.69) is 21.2 Å². The Morgan fingerprint density at radius 3 is 2.16 bits per heavy atom. The zero-order valence-corrected chi connectivity index (χ0v) is 24.5. The van der Waals surface area contributed by atoms with E-state index in [0.29, 0.717) is 5.75 Å². The van der Waals surface area contributed by atoms with Gasteiger partial charge in [0.2, 0.25) is 11.8 Å². The molecule has 202 valence electrons. The minimum absolute atomic E-state index is 0.0401. The van der Waals surface area contributed by atoms with Crippen LogP contribution in [0.1, 0.15) is 23.6 Å². The van der Waals surface area contributed by atoms with E-state index in [4.69, 9.17) is 4.74 Å². The Labute approximate surface area is 232 Å². The molecule has 2 amide bonds. The van der Waals surface area contributed by atoms with E-state index in [0.717, 1.165) is 25.5 Å². The van der Waals surface area contributed by atoms with Gasteiger partial charge >= 0.3 is 0 Å². The molecule has 1 N–H and O–H groups in total. The van der Waals surface area contributed by atoms with Crippen LogP contribution in [0.3, 0.4) is 0 Å². The van der Waals surface area contributed by atoms with Crippen LogP contribution in [0, 0.1) is 13.8 Å². The van der Waals surface area contributed by atoms with Crippen LogP contribution in [0.5, 0.6) is 5.75 Å². The first kappa shape index (κ1) is 29.2. The minimum Gasteiger partial charge on any atom is -0.495 e. The SMILES string of the molecule is CNC(=O)C(C)N(Cc1ccc(Br)cc1)C(=O)CN(c1cc(C)ccc1OC)S(=O)(=O)c1ccc(C)cc1. The van der Waals surface area contributed by atoms with Crippen LogP contribution in [0.15, 0.2) is 76.1 Å². The maximum absolute atomic E-state index is 14.0. The van der Waals surface area contributed by atoms with Crippen LogP contribution >= 0.6 is 15.9 Å². The van der Waals surface area contributed by atoms with E-state index in [9.17, 15) is 18.0 Å². The lowest BCUT2D eigenvalue weighted by Crippen LogP contribution is -2.50. The number of aryl methyl sites for hydroxylation is 2. The number of anilines is 1. The molecule has 3 rings (SSSR count). The second-order valence-electron chi connectivity index (χ2n) is 8.94. The Kier molecular flexibility index (Phi) is 9.56. The number of halogens is 1. The number of rotatable bonds is 10. The lowest BCUT2D eigenvalue weighted by Gasteiger charge is -2.32. The van der Waals surface area contributed by atoms with Gasteiger partial charge in [-0.15, -0.1) is 0 Å². The number of hydrogen-bond donors (Lipinski definition) is 1. The molecule has 0 spiro atoms. The first-order chi connectivity index (χ1) is 18.0. The van der Waals surface area contributed by atoms with Gasteiger partial charge in [-0.25, -0.2) is 8.42 Å². The Morgan fingerprint density at radius 1 is 0.974 bits per heavy atom. The van der Waals surface area contributed by atoms with E-state index in [1.54, 1.807) is 37.3 Å². The van der Waals surface area contributed by atoms with E-state index in [1.807, 2.05) is 38.1 Å². The van der Waals surface area contributed by atoms with Crippen molar-refractivity contribution < 1.29 is 22.7 Å². The molecule has 1 atom stereocenters. The summed E-state index contributed by atoms with van der Waals surface area (Å²) >= 11 is 3.40. The summed E-state index contributed by atoms with van der Waals surface area (Å²) < 4.78 is 35.3. The fourth-order valence-electron chi connectivity index (χ4n) is 3.92. The molecule has 0 aromatic heterocycles. The van der Waals surface area contributed by atoms with E-state index < -0.39 is 28.5 Å². The van der Waals surface area contributed by atoms with Gasteiger partial charge in [0.15, 0.2) is 0 Å². The molecule has 0 bridgehead atoms. The van der Waals surface area contributed by atoms with Crippen molar-refractivity contribution in [1.82, 2.24) is 10.2 Å². The standard InChI is InChI=1S/C28H32BrN3O5S/c1-19-6-13-24(14-7-19)38(35,36)32(25-16-20(2)8-15-26(25)37-5)18-27(33)31(21(3)28(34)30-4)17-22-9-11-23(29)12-10-22/h6-16,21H,17-18H2,1-5H3,(H,30,34). The molecule has 0 fully saturated rings. The number of benzene rings is 3. The topological polar surface area (TPSA) is 96.0 Å². The molecular formula is C28H32BrN3O5S. The van der Waals surface area contributed by atoms with Gasteiger partial charge in [-0.3, -0.25) is 13.9 Å². The van der Waals surface area contributed by atoms with Crippen molar-refractivity contribution >= 4 is 43.5 Å². The summed E-state index contributed by atoms with van der Waals surface area (Å²) in [5, 5.41) is 2.57. The monoisotopic (exact) mass is 601 g/mol. The number of ether oxygens (including phenoxy) is 1. The normalized spacial score (nSPS) is 11.9. The van der Waals surface area contributed by atoms with Crippen molar-refractivity contribution in [2.75, 3.05) is 25.0 Å². The van der Waals surface area contributed by atoms with Crippen molar-refractivity contribution in [2.24, 2.45) is 0 Å². The maximum atomic E-state index is 14.0. The molecule has 0 saturated heterocycles. The maximum Gasteiger partial charge on any atom is 0.264 e. The third-order valence-electron chi connectivity index (χ3n) is 6.17. The summed E-state index contributed by atoms with van der Waals surface area (Å²) in [6.45, 7) is 4.88. The summed E-state index contributed by atoms with van der Waals surface area (Å²) in [7, 11) is -1.24. The number of likely N-dealkylation sites (N-methyl/N-ethyl adjacent to an activating group) is 1. The lowest BCUT2D eigenvalue weighted by atomic mass is 10.1. The van der Waals surface area contributed by atoms with Crippen LogP contribution in [-0.4, -0.2) is 51.9 Å². The van der Waals surface area contributed by atoms with Crippen LogP contribution in [0.25, 0.3) is 0 Å². The average Bonchev–Trinajstić information content (AvgIpc) is 2.90. The zero-order chi connectivity index (χ0) is 28.0. The van der Waals surface area contributed by atoms with Crippen LogP contribution < -0.4 is 14.4 Å². The highest BCUT2D eigenvalue weighted by atomic mass is 79.9. The molecule has 8 nitrogen and oxygen atoms in total. The van der Waals surface area contributed by atoms with Gasteiger partial charge < -0.3 is 15.0 Å². The molecule has 0 aliphatic heterocycles. The number of hydrogen-bond acceptors (Lipinski definition) is 5. The number of carbonyl (C=O) groups excluding carboxylic acids is 2. The molecule has 0 heterocycles. The van der Waals surface area contributed by atoms with Crippen molar-refractivity contribution in [3.05, 3.63) is 87.9 Å². The van der Waals surface area contributed by atoms with Crippen molar-refractivity contribution in [2.45, 2.75) is 38.3 Å². The van der Waals surface area contributed by atoms with Crippen molar-refractivity contribution in [3.8, 4) is 5.75 Å². The molecule has 0 radical (unpaired) electrons. The van der Waals surface area contributed by atoms with Crippen LogP contribution in [-0.2, 0) is 26.2 Å². The van der Waals surface area contributed by atoms with Crippen molar-refractivity contribution in [3.63, 3.8) is 0 Å². The molecular weight excluding hydrogens is 570 g/mol. The molecule has 10 heteroatoms. The number of nitrogens with one attached hydrogen (secondary N) is 1. The third kappa shape index (κ3) is 6.73. The summed E-state index contributed by atoms with van der Waals surface area (Å²) in [5.74, 6) is -0.599.